The molecule has 0 spiro atoms. The standard InChI is InChI=1S/C14H20BrNO4/c1-3-4-11(14(17)18)20-13-10(15)7-9(5-6-16)8-12(13)19-2/h7-8,11H,3-6,16H2,1-2H3,(H,17,18). The number of carboxylic acids is 1. The third kappa shape index (κ3) is 4.38. The molecule has 0 amide bonds. The number of hydrogen-bond acceptors (Lipinski definition) is 4. The van der Waals surface area contributed by atoms with E-state index in [9.17, 15) is 4.79 Å². The van der Waals surface area contributed by atoms with Crippen molar-refractivity contribution in [2.45, 2.75) is 32.3 Å². The molecule has 0 saturated carbocycles. The van der Waals surface area contributed by atoms with Gasteiger partial charge in [-0.1, -0.05) is 13.3 Å². The van der Waals surface area contributed by atoms with Crippen molar-refractivity contribution in [2.75, 3.05) is 13.7 Å². The molecule has 0 saturated heterocycles. The van der Waals surface area contributed by atoms with E-state index in [0.717, 1.165) is 12.0 Å². The monoisotopic (exact) mass is 345 g/mol. The number of rotatable bonds is 8. The Morgan fingerprint density at radius 1 is 1.50 bits per heavy atom. The van der Waals surface area contributed by atoms with E-state index >= 15 is 0 Å². The van der Waals surface area contributed by atoms with Crippen molar-refractivity contribution in [1.29, 1.82) is 0 Å². The second kappa shape index (κ2) is 8.11. The van der Waals surface area contributed by atoms with E-state index < -0.39 is 12.1 Å². The van der Waals surface area contributed by atoms with Crippen LogP contribution in [0.4, 0.5) is 0 Å². The fourth-order valence-electron chi connectivity index (χ4n) is 1.84. The summed E-state index contributed by atoms with van der Waals surface area (Å²) in [7, 11) is 1.52. The largest absolute Gasteiger partial charge is 0.493 e. The summed E-state index contributed by atoms with van der Waals surface area (Å²) in [4.78, 5) is 11.2. The number of benzene rings is 1. The third-order valence-corrected chi connectivity index (χ3v) is 3.40. The zero-order chi connectivity index (χ0) is 15.1. The second-order valence-electron chi connectivity index (χ2n) is 4.38. The highest BCUT2D eigenvalue weighted by Crippen LogP contribution is 2.37. The molecule has 0 aromatic heterocycles. The first-order chi connectivity index (χ1) is 9.53. The Balaban J connectivity index is 3.06. The minimum atomic E-state index is -0.980. The molecule has 0 aliphatic rings. The number of carboxylic acid groups (broad SMARTS) is 1. The van der Waals surface area contributed by atoms with Crippen molar-refractivity contribution >= 4 is 21.9 Å². The first-order valence-electron chi connectivity index (χ1n) is 6.49. The van der Waals surface area contributed by atoms with Crippen LogP contribution >= 0.6 is 15.9 Å². The van der Waals surface area contributed by atoms with Crippen molar-refractivity contribution in [2.24, 2.45) is 5.73 Å². The van der Waals surface area contributed by atoms with Crippen molar-refractivity contribution < 1.29 is 19.4 Å². The predicted molar refractivity (Wildman–Crippen MR) is 80.4 cm³/mol. The molecule has 0 aliphatic carbocycles. The maximum atomic E-state index is 11.2. The lowest BCUT2D eigenvalue weighted by Gasteiger charge is -2.18. The lowest BCUT2D eigenvalue weighted by molar-refractivity contribution is -0.145. The van der Waals surface area contributed by atoms with Crippen LogP contribution in [0.2, 0.25) is 0 Å². The zero-order valence-corrected chi connectivity index (χ0v) is 13.3. The van der Waals surface area contributed by atoms with E-state index in [1.165, 1.54) is 7.11 Å². The highest BCUT2D eigenvalue weighted by Gasteiger charge is 2.22. The molecule has 3 N–H and O–H groups in total. The summed E-state index contributed by atoms with van der Waals surface area (Å²) in [5.41, 5.74) is 6.54. The maximum absolute atomic E-state index is 11.2. The van der Waals surface area contributed by atoms with Gasteiger partial charge in [0, 0.05) is 0 Å². The summed E-state index contributed by atoms with van der Waals surface area (Å²) < 4.78 is 11.6. The van der Waals surface area contributed by atoms with Gasteiger partial charge in [-0.05, 0) is 53.0 Å². The maximum Gasteiger partial charge on any atom is 0.344 e. The van der Waals surface area contributed by atoms with E-state index in [2.05, 4.69) is 15.9 Å². The summed E-state index contributed by atoms with van der Waals surface area (Å²) in [6, 6.07) is 3.69. The molecule has 6 heteroatoms. The molecule has 112 valence electrons. The molecule has 1 aromatic rings. The molecular weight excluding hydrogens is 326 g/mol. The molecule has 0 radical (unpaired) electrons. The average Bonchev–Trinajstić information content (AvgIpc) is 2.40. The number of nitrogens with two attached hydrogens (primary N) is 1. The Morgan fingerprint density at radius 3 is 2.70 bits per heavy atom. The van der Waals surface area contributed by atoms with E-state index in [4.69, 9.17) is 20.3 Å². The number of halogens is 1. The molecule has 1 rings (SSSR count). The Hall–Kier alpha value is -1.27. The van der Waals surface area contributed by atoms with Crippen LogP contribution in [0.25, 0.3) is 0 Å². The molecule has 0 bridgehead atoms. The highest BCUT2D eigenvalue weighted by atomic mass is 79.9. The molecule has 1 unspecified atom stereocenters. The van der Waals surface area contributed by atoms with Gasteiger partial charge in [0.1, 0.15) is 0 Å². The summed E-state index contributed by atoms with van der Waals surface area (Å²) in [6.45, 7) is 2.44. The predicted octanol–water partition coefficient (Wildman–Crippen LogP) is 2.59. The van der Waals surface area contributed by atoms with Crippen molar-refractivity contribution in [3.8, 4) is 11.5 Å². The summed E-state index contributed by atoms with van der Waals surface area (Å²) >= 11 is 3.40. The van der Waals surface area contributed by atoms with Gasteiger partial charge < -0.3 is 20.3 Å². The minimum absolute atomic E-state index is 0.411. The smallest absolute Gasteiger partial charge is 0.344 e. The summed E-state index contributed by atoms with van der Waals surface area (Å²) in [6.07, 6.45) is 0.995. The summed E-state index contributed by atoms with van der Waals surface area (Å²) in [5.74, 6) is -0.0638. The average molecular weight is 346 g/mol. The van der Waals surface area contributed by atoms with E-state index in [-0.39, 0.29) is 0 Å². The van der Waals surface area contributed by atoms with Gasteiger partial charge in [0.15, 0.2) is 17.6 Å². The van der Waals surface area contributed by atoms with Crippen LogP contribution in [-0.4, -0.2) is 30.8 Å². The topological polar surface area (TPSA) is 81.8 Å². The van der Waals surface area contributed by atoms with Gasteiger partial charge in [0.25, 0.3) is 0 Å². The molecule has 20 heavy (non-hydrogen) atoms. The van der Waals surface area contributed by atoms with Gasteiger partial charge in [0.2, 0.25) is 0 Å². The van der Waals surface area contributed by atoms with Crippen LogP contribution < -0.4 is 15.2 Å². The normalized spacial score (nSPS) is 12.0. The lowest BCUT2D eigenvalue weighted by atomic mass is 10.1. The van der Waals surface area contributed by atoms with Gasteiger partial charge in [-0.25, -0.2) is 4.79 Å². The van der Waals surface area contributed by atoms with Crippen LogP contribution in [0.15, 0.2) is 16.6 Å². The van der Waals surface area contributed by atoms with Crippen molar-refractivity contribution in [1.82, 2.24) is 0 Å². The fraction of sp³-hybridized carbons (Fsp3) is 0.500. The van der Waals surface area contributed by atoms with Crippen molar-refractivity contribution in [3.63, 3.8) is 0 Å². The van der Waals surface area contributed by atoms with E-state index in [1.807, 2.05) is 19.1 Å². The van der Waals surface area contributed by atoms with Gasteiger partial charge in [-0.2, -0.15) is 0 Å². The van der Waals surface area contributed by atoms with Gasteiger partial charge in [-0.15, -0.1) is 0 Å². The number of hydrogen-bond donors (Lipinski definition) is 2. The van der Waals surface area contributed by atoms with Crippen LogP contribution in [0.3, 0.4) is 0 Å². The first-order valence-corrected chi connectivity index (χ1v) is 7.28. The molecular formula is C14H20BrNO4. The second-order valence-corrected chi connectivity index (χ2v) is 5.24. The van der Waals surface area contributed by atoms with Crippen molar-refractivity contribution in [3.05, 3.63) is 22.2 Å². The number of carbonyl (C=O) groups is 1. The van der Waals surface area contributed by atoms with Gasteiger partial charge in [-0.3, -0.25) is 0 Å². The molecule has 0 heterocycles. The number of methoxy groups -OCH3 is 1. The van der Waals surface area contributed by atoms with Crippen LogP contribution in [0, 0.1) is 0 Å². The SMILES string of the molecule is CCCC(Oc1c(Br)cc(CCN)cc1OC)C(=O)O. The van der Waals surface area contributed by atoms with E-state index in [0.29, 0.717) is 35.4 Å². The van der Waals surface area contributed by atoms with E-state index in [1.54, 1.807) is 0 Å². The Morgan fingerprint density at radius 2 is 2.20 bits per heavy atom. The van der Waals surface area contributed by atoms with Crippen LogP contribution in [0.5, 0.6) is 11.5 Å². The van der Waals surface area contributed by atoms with Crippen LogP contribution in [0.1, 0.15) is 25.3 Å². The zero-order valence-electron chi connectivity index (χ0n) is 11.7. The Kier molecular flexibility index (Phi) is 6.81. The quantitative estimate of drug-likeness (QED) is 0.756. The Labute approximate surface area is 127 Å². The fourth-order valence-corrected chi connectivity index (χ4v) is 2.42. The number of aliphatic carboxylic acids is 1. The lowest BCUT2D eigenvalue weighted by Crippen LogP contribution is -2.27. The first kappa shape index (κ1) is 16.8. The Bertz CT molecular complexity index is 465. The minimum Gasteiger partial charge on any atom is -0.493 e. The third-order valence-electron chi connectivity index (χ3n) is 2.81. The highest BCUT2D eigenvalue weighted by molar-refractivity contribution is 9.10. The van der Waals surface area contributed by atoms with Gasteiger partial charge in [0.05, 0.1) is 11.6 Å². The number of ether oxygens (including phenoxy) is 2. The van der Waals surface area contributed by atoms with Crippen LogP contribution in [-0.2, 0) is 11.2 Å². The van der Waals surface area contributed by atoms with Gasteiger partial charge >= 0.3 is 5.97 Å². The molecule has 0 aliphatic heterocycles. The molecule has 1 atom stereocenters. The molecule has 5 nitrogen and oxygen atoms in total. The molecule has 1 aromatic carbocycles. The molecule has 0 fully saturated rings. The summed E-state index contributed by atoms with van der Waals surface area (Å²) in [5, 5.41) is 9.16.